The monoisotopic (exact) mass is 185 g/mol. The first-order valence-electron chi connectivity index (χ1n) is 3.80. The van der Waals surface area contributed by atoms with Gasteiger partial charge in [-0.3, -0.25) is 0 Å². The Labute approximate surface area is 77.0 Å². The lowest BCUT2D eigenvalue weighted by atomic mass is 10.0. The molecule has 0 radical (unpaired) electrons. The Morgan fingerprint density at radius 2 is 2.00 bits per heavy atom. The molecule has 0 amide bonds. The fourth-order valence-electron chi connectivity index (χ4n) is 1.08. The highest BCUT2D eigenvalue weighted by Gasteiger charge is 2.09. The minimum Gasteiger partial charge on any atom is -0.506 e. The second-order valence-electron chi connectivity index (χ2n) is 3.10. The molecule has 0 aliphatic rings. The van der Waals surface area contributed by atoms with Gasteiger partial charge in [0, 0.05) is 5.69 Å². The van der Waals surface area contributed by atoms with Gasteiger partial charge in [-0.25, -0.2) is 0 Å². The highest BCUT2D eigenvalue weighted by atomic mass is 35.5. The zero-order valence-corrected chi connectivity index (χ0v) is 7.89. The molecule has 0 aromatic heterocycles. The third-order valence-corrected chi connectivity index (χ3v) is 2.03. The van der Waals surface area contributed by atoms with E-state index in [4.69, 9.17) is 17.3 Å². The average Bonchev–Trinajstić information content (AvgIpc) is 1.96. The summed E-state index contributed by atoms with van der Waals surface area (Å²) in [4.78, 5) is 0. The number of halogens is 1. The van der Waals surface area contributed by atoms with Gasteiger partial charge in [-0.2, -0.15) is 0 Å². The molecule has 0 bridgehead atoms. The number of anilines is 1. The Balaban J connectivity index is 3.28. The lowest BCUT2D eigenvalue weighted by molar-refractivity contribution is 0.465. The van der Waals surface area contributed by atoms with E-state index >= 15 is 0 Å². The number of rotatable bonds is 1. The van der Waals surface area contributed by atoms with E-state index in [0.29, 0.717) is 10.7 Å². The predicted molar refractivity (Wildman–Crippen MR) is 51.6 cm³/mol. The van der Waals surface area contributed by atoms with Crippen LogP contribution in [0, 0.1) is 0 Å². The molecule has 3 N–H and O–H groups in total. The largest absolute Gasteiger partial charge is 0.506 e. The number of hydrogen-bond acceptors (Lipinski definition) is 2. The minimum absolute atomic E-state index is 0.140. The SMILES string of the molecule is CC(C)c1cc(N)cc(Cl)c1O. The van der Waals surface area contributed by atoms with Crippen LogP contribution in [0.5, 0.6) is 5.75 Å². The molecule has 0 saturated heterocycles. The van der Waals surface area contributed by atoms with Crippen molar-refractivity contribution in [3.63, 3.8) is 0 Å². The van der Waals surface area contributed by atoms with E-state index in [-0.39, 0.29) is 11.7 Å². The van der Waals surface area contributed by atoms with Crippen LogP contribution in [0.15, 0.2) is 12.1 Å². The molecule has 66 valence electrons. The van der Waals surface area contributed by atoms with Crippen molar-refractivity contribution in [2.45, 2.75) is 19.8 Å². The van der Waals surface area contributed by atoms with Crippen LogP contribution >= 0.6 is 11.6 Å². The van der Waals surface area contributed by atoms with Crippen LogP contribution in [0.2, 0.25) is 5.02 Å². The van der Waals surface area contributed by atoms with E-state index in [1.54, 1.807) is 12.1 Å². The molecule has 0 unspecified atom stereocenters. The minimum atomic E-state index is 0.140. The van der Waals surface area contributed by atoms with Crippen molar-refractivity contribution in [2.24, 2.45) is 0 Å². The van der Waals surface area contributed by atoms with Gasteiger partial charge in [-0.15, -0.1) is 0 Å². The van der Waals surface area contributed by atoms with Crippen LogP contribution in [0.3, 0.4) is 0 Å². The van der Waals surface area contributed by atoms with Gasteiger partial charge in [-0.05, 0) is 23.6 Å². The molecule has 12 heavy (non-hydrogen) atoms. The van der Waals surface area contributed by atoms with Gasteiger partial charge >= 0.3 is 0 Å². The summed E-state index contributed by atoms with van der Waals surface area (Å²) in [5.41, 5.74) is 6.95. The van der Waals surface area contributed by atoms with Gasteiger partial charge in [0.2, 0.25) is 0 Å². The van der Waals surface area contributed by atoms with Crippen LogP contribution in [-0.2, 0) is 0 Å². The number of nitrogens with two attached hydrogens (primary N) is 1. The van der Waals surface area contributed by atoms with Gasteiger partial charge in [0.1, 0.15) is 5.75 Å². The molecule has 3 heteroatoms. The first kappa shape index (κ1) is 9.20. The van der Waals surface area contributed by atoms with Crippen molar-refractivity contribution in [1.82, 2.24) is 0 Å². The quantitative estimate of drug-likeness (QED) is 0.522. The molecule has 2 nitrogen and oxygen atoms in total. The highest BCUT2D eigenvalue weighted by Crippen LogP contribution is 2.34. The van der Waals surface area contributed by atoms with Gasteiger partial charge in [0.05, 0.1) is 5.02 Å². The molecule has 0 aliphatic carbocycles. The predicted octanol–water partition coefficient (Wildman–Crippen LogP) is 2.75. The summed E-state index contributed by atoms with van der Waals surface area (Å²) in [5, 5.41) is 9.82. The number of phenolic OH excluding ortho intramolecular Hbond substituents is 1. The molecule has 0 heterocycles. The number of aromatic hydroxyl groups is 1. The average molecular weight is 186 g/mol. The summed E-state index contributed by atoms with van der Waals surface area (Å²) < 4.78 is 0. The molecule has 0 saturated carbocycles. The Morgan fingerprint density at radius 1 is 1.42 bits per heavy atom. The van der Waals surface area contributed by atoms with Crippen LogP contribution in [0.4, 0.5) is 5.69 Å². The fraction of sp³-hybridized carbons (Fsp3) is 0.333. The zero-order chi connectivity index (χ0) is 9.30. The zero-order valence-electron chi connectivity index (χ0n) is 7.13. The van der Waals surface area contributed by atoms with Crippen LogP contribution in [0.1, 0.15) is 25.3 Å². The maximum Gasteiger partial charge on any atom is 0.137 e. The van der Waals surface area contributed by atoms with E-state index in [9.17, 15) is 5.11 Å². The van der Waals surface area contributed by atoms with Crippen molar-refractivity contribution >= 4 is 17.3 Å². The number of nitrogen functional groups attached to an aromatic ring is 1. The number of benzene rings is 1. The summed E-state index contributed by atoms with van der Waals surface area (Å²) in [7, 11) is 0. The summed E-state index contributed by atoms with van der Waals surface area (Å²) >= 11 is 5.73. The first-order chi connectivity index (χ1) is 5.52. The second kappa shape index (κ2) is 3.23. The molecule has 0 fully saturated rings. The highest BCUT2D eigenvalue weighted by molar-refractivity contribution is 6.32. The smallest absolute Gasteiger partial charge is 0.137 e. The topological polar surface area (TPSA) is 46.2 Å². The lowest BCUT2D eigenvalue weighted by Gasteiger charge is -2.10. The Kier molecular flexibility index (Phi) is 2.48. The van der Waals surface area contributed by atoms with Crippen LogP contribution < -0.4 is 5.73 Å². The fourth-order valence-corrected chi connectivity index (χ4v) is 1.32. The van der Waals surface area contributed by atoms with Gasteiger partial charge in [0.15, 0.2) is 0 Å². The molecule has 1 rings (SSSR count). The standard InChI is InChI=1S/C9H12ClNO/c1-5(2)7-3-6(11)4-8(10)9(7)12/h3-5,12H,11H2,1-2H3. The summed E-state index contributed by atoms with van der Waals surface area (Å²) in [6.07, 6.45) is 0. The maximum atomic E-state index is 9.50. The molecular formula is C9H12ClNO. The normalized spacial score (nSPS) is 10.7. The Hall–Kier alpha value is -0.890. The van der Waals surface area contributed by atoms with E-state index < -0.39 is 0 Å². The maximum absolute atomic E-state index is 9.50. The van der Waals surface area contributed by atoms with E-state index in [1.807, 2.05) is 13.8 Å². The summed E-state index contributed by atoms with van der Waals surface area (Å²) in [6, 6.07) is 3.29. The molecule has 0 aliphatic heterocycles. The second-order valence-corrected chi connectivity index (χ2v) is 3.50. The lowest BCUT2D eigenvalue weighted by Crippen LogP contribution is -1.92. The van der Waals surface area contributed by atoms with Crippen molar-refractivity contribution < 1.29 is 5.11 Å². The Morgan fingerprint density at radius 3 is 2.50 bits per heavy atom. The van der Waals surface area contributed by atoms with Crippen molar-refractivity contribution in [1.29, 1.82) is 0 Å². The molecular weight excluding hydrogens is 174 g/mol. The third kappa shape index (κ3) is 1.64. The van der Waals surface area contributed by atoms with Crippen molar-refractivity contribution in [3.05, 3.63) is 22.7 Å². The molecule has 0 spiro atoms. The Bertz CT molecular complexity index is 297. The van der Waals surface area contributed by atoms with E-state index in [2.05, 4.69) is 0 Å². The van der Waals surface area contributed by atoms with Gasteiger partial charge < -0.3 is 10.8 Å². The first-order valence-corrected chi connectivity index (χ1v) is 4.18. The van der Waals surface area contributed by atoms with Gasteiger partial charge in [-0.1, -0.05) is 25.4 Å². The number of hydrogen-bond donors (Lipinski definition) is 2. The van der Waals surface area contributed by atoms with Gasteiger partial charge in [0.25, 0.3) is 0 Å². The molecule has 1 aromatic rings. The molecule has 0 atom stereocenters. The summed E-state index contributed by atoms with van der Waals surface area (Å²) in [6.45, 7) is 3.95. The van der Waals surface area contributed by atoms with E-state index in [0.717, 1.165) is 5.56 Å². The van der Waals surface area contributed by atoms with Crippen molar-refractivity contribution in [3.8, 4) is 5.75 Å². The molecule has 1 aromatic carbocycles. The number of phenols is 1. The van der Waals surface area contributed by atoms with E-state index in [1.165, 1.54) is 0 Å². The van der Waals surface area contributed by atoms with Crippen molar-refractivity contribution in [2.75, 3.05) is 5.73 Å². The third-order valence-electron chi connectivity index (χ3n) is 1.74. The summed E-state index contributed by atoms with van der Waals surface area (Å²) in [5.74, 6) is 0.367. The van der Waals surface area contributed by atoms with Crippen LogP contribution in [0.25, 0.3) is 0 Å². The van der Waals surface area contributed by atoms with Crippen LogP contribution in [-0.4, -0.2) is 5.11 Å².